The molecule has 45 heavy (non-hydrogen) atoms. The Bertz CT molecular complexity index is 1740. The number of aromatic hydroxyl groups is 1. The third kappa shape index (κ3) is 5.32. The highest BCUT2D eigenvalue weighted by Gasteiger charge is 2.34. The zero-order valence-corrected chi connectivity index (χ0v) is 26.6. The first-order valence-electron chi connectivity index (χ1n) is 15.5. The molecule has 10 rings (SSSR count). The van der Waals surface area contributed by atoms with Gasteiger partial charge in [-0.25, -0.2) is 0 Å². The Morgan fingerprint density at radius 3 is 2.04 bits per heavy atom. The van der Waals surface area contributed by atoms with E-state index in [4.69, 9.17) is 23.7 Å². The van der Waals surface area contributed by atoms with Gasteiger partial charge in [0, 0.05) is 30.7 Å². The van der Waals surface area contributed by atoms with Crippen LogP contribution in [0.25, 0.3) is 0 Å². The number of likely N-dealkylation sites (N-methyl/N-ethyl adjacent to an activating group) is 2. The van der Waals surface area contributed by atoms with E-state index in [9.17, 15) is 5.11 Å². The molecule has 6 aliphatic rings. The second kappa shape index (κ2) is 11.8. The molecule has 0 unspecified atom stereocenters. The summed E-state index contributed by atoms with van der Waals surface area (Å²) in [4.78, 5) is 4.72. The molecule has 4 aromatic rings. The van der Waals surface area contributed by atoms with Crippen molar-refractivity contribution in [3.63, 3.8) is 0 Å². The molecule has 0 aliphatic carbocycles. The predicted molar refractivity (Wildman–Crippen MR) is 173 cm³/mol. The molecule has 8 heteroatoms. The number of nitrogens with zero attached hydrogens (tertiary/aromatic N) is 2. The molecule has 0 saturated carbocycles. The van der Waals surface area contributed by atoms with Crippen molar-refractivity contribution < 1.29 is 28.8 Å². The Labute approximate surface area is 264 Å². The van der Waals surface area contributed by atoms with E-state index in [1.807, 2.05) is 24.3 Å². The first-order chi connectivity index (χ1) is 21.9. The largest absolute Gasteiger partial charge is 0.502 e. The average Bonchev–Trinajstić information content (AvgIpc) is 3.05. The number of phenolic OH excluding ortho intramolecular Hbond substituents is 1. The van der Waals surface area contributed by atoms with Gasteiger partial charge in [0.2, 0.25) is 5.75 Å². The van der Waals surface area contributed by atoms with E-state index in [1.54, 1.807) is 21.3 Å². The Morgan fingerprint density at radius 2 is 1.31 bits per heavy atom. The Morgan fingerprint density at radius 1 is 0.667 bits per heavy atom. The van der Waals surface area contributed by atoms with Gasteiger partial charge >= 0.3 is 0 Å². The number of rotatable bonds is 3. The molecule has 6 aliphatic heterocycles. The summed E-state index contributed by atoms with van der Waals surface area (Å²) in [6, 6.07) is 20.6. The number of benzene rings is 4. The van der Waals surface area contributed by atoms with Gasteiger partial charge in [0.05, 0.1) is 21.3 Å². The number of hydrogen-bond acceptors (Lipinski definition) is 8. The summed E-state index contributed by atoms with van der Waals surface area (Å²) in [7, 11) is 9.21. The zero-order chi connectivity index (χ0) is 31.2. The van der Waals surface area contributed by atoms with Crippen LogP contribution in [0.5, 0.6) is 46.0 Å². The van der Waals surface area contributed by atoms with Crippen LogP contribution in [0, 0.1) is 0 Å². The van der Waals surface area contributed by atoms with Crippen LogP contribution in [0.2, 0.25) is 0 Å². The summed E-state index contributed by atoms with van der Waals surface area (Å²) in [5, 5.41) is 11.6. The van der Waals surface area contributed by atoms with Gasteiger partial charge in [0.15, 0.2) is 34.5 Å². The fraction of sp³-hybridized carbons (Fsp3) is 0.351. The maximum Gasteiger partial charge on any atom is 0.201 e. The van der Waals surface area contributed by atoms with Crippen LogP contribution in [0.3, 0.4) is 0 Å². The lowest BCUT2D eigenvalue weighted by atomic mass is 9.87. The second-order valence-electron chi connectivity index (χ2n) is 12.3. The van der Waals surface area contributed by atoms with Gasteiger partial charge in [-0.15, -0.1) is 0 Å². The second-order valence-corrected chi connectivity index (χ2v) is 12.3. The number of hydrogen-bond donors (Lipinski definition) is 1. The fourth-order valence-electron chi connectivity index (χ4n) is 7.10. The highest BCUT2D eigenvalue weighted by Crippen LogP contribution is 2.51. The van der Waals surface area contributed by atoms with Gasteiger partial charge in [-0.1, -0.05) is 18.2 Å². The maximum atomic E-state index is 11.6. The van der Waals surface area contributed by atoms with Crippen LogP contribution in [0.1, 0.15) is 45.5 Å². The lowest BCUT2D eigenvalue weighted by Crippen LogP contribution is -2.34. The van der Waals surface area contributed by atoms with Gasteiger partial charge < -0.3 is 28.8 Å². The molecule has 0 amide bonds. The minimum absolute atomic E-state index is 0.00297. The van der Waals surface area contributed by atoms with Crippen molar-refractivity contribution >= 4 is 0 Å². The summed E-state index contributed by atoms with van der Waals surface area (Å²) in [6.07, 6.45) is 3.20. The van der Waals surface area contributed by atoms with Crippen molar-refractivity contribution in [1.29, 1.82) is 0 Å². The van der Waals surface area contributed by atoms with E-state index in [-0.39, 0.29) is 17.8 Å². The van der Waals surface area contributed by atoms with Crippen molar-refractivity contribution in [2.45, 2.75) is 37.8 Å². The molecule has 2 atom stereocenters. The Hall–Kier alpha value is -4.40. The van der Waals surface area contributed by atoms with Crippen molar-refractivity contribution in [2.75, 3.05) is 48.5 Å². The highest BCUT2D eigenvalue weighted by molar-refractivity contribution is 5.63. The Kier molecular flexibility index (Phi) is 7.71. The molecule has 0 radical (unpaired) electrons. The van der Waals surface area contributed by atoms with Crippen molar-refractivity contribution in [2.24, 2.45) is 0 Å². The molecule has 0 saturated heterocycles. The van der Waals surface area contributed by atoms with Crippen LogP contribution in [-0.4, -0.2) is 63.4 Å². The molecule has 0 aromatic heterocycles. The van der Waals surface area contributed by atoms with E-state index >= 15 is 0 Å². The van der Waals surface area contributed by atoms with Crippen LogP contribution < -0.4 is 23.7 Å². The summed E-state index contributed by atoms with van der Waals surface area (Å²) in [5.41, 5.74) is 6.78. The van der Waals surface area contributed by atoms with Crippen LogP contribution >= 0.6 is 0 Å². The summed E-state index contributed by atoms with van der Waals surface area (Å²) in [6.45, 7) is 1.78. The van der Waals surface area contributed by atoms with Gasteiger partial charge in [0.1, 0.15) is 5.75 Å². The first-order valence-corrected chi connectivity index (χ1v) is 15.5. The highest BCUT2D eigenvalue weighted by atomic mass is 16.5. The molecule has 4 aromatic carbocycles. The minimum atomic E-state index is -0.0344. The molecule has 0 fully saturated rings. The van der Waals surface area contributed by atoms with E-state index in [1.165, 1.54) is 11.1 Å². The minimum Gasteiger partial charge on any atom is -0.502 e. The van der Waals surface area contributed by atoms with Crippen LogP contribution in [0.4, 0.5) is 0 Å². The fourth-order valence-corrected chi connectivity index (χ4v) is 7.10. The van der Waals surface area contributed by atoms with Gasteiger partial charge in [-0.2, -0.15) is 0 Å². The van der Waals surface area contributed by atoms with Crippen LogP contribution in [0.15, 0.2) is 60.7 Å². The third-order valence-corrected chi connectivity index (χ3v) is 9.66. The standard InChI is InChI=1S/C37H40N2O6/c1-38-14-12-24-19-33-31(42-4)21-27(24)28(38)17-23-8-11-30(41-3)32(18-23)44-26-9-6-22(7-10-26)16-29-35-25(13-15-39(29)2)20-34(43-5)36(40)37(35)45-33/h6-11,18-21,28-29,40H,12-17H2,1-5H3/t28-,29+/m1/s1. The van der Waals surface area contributed by atoms with Gasteiger partial charge in [-0.05, 0) is 110 Å². The molecular weight excluding hydrogens is 568 g/mol. The quantitative estimate of drug-likeness (QED) is 0.271. The summed E-state index contributed by atoms with van der Waals surface area (Å²) >= 11 is 0. The van der Waals surface area contributed by atoms with Crippen molar-refractivity contribution in [1.82, 2.24) is 9.80 Å². The van der Waals surface area contributed by atoms with E-state index in [0.29, 0.717) is 34.5 Å². The molecule has 8 bridgehead atoms. The average molecular weight is 609 g/mol. The van der Waals surface area contributed by atoms with Gasteiger partial charge in [-0.3, -0.25) is 9.80 Å². The zero-order valence-electron chi connectivity index (χ0n) is 26.6. The molecule has 1 N–H and O–H groups in total. The molecule has 6 heterocycles. The number of phenols is 1. The summed E-state index contributed by atoms with van der Waals surface area (Å²) in [5.74, 6) is 4.16. The monoisotopic (exact) mass is 608 g/mol. The first kappa shape index (κ1) is 29.3. The topological polar surface area (TPSA) is 72.9 Å². The molecule has 8 nitrogen and oxygen atoms in total. The lowest BCUT2D eigenvalue weighted by molar-refractivity contribution is 0.221. The SMILES string of the molecule is COc1ccc2cc1Oc1ccc(cc1)C[C@H]1c3c(cc(OC)c(O)c3Oc3cc4c(cc3OC)[C@@H](C2)N(C)CC4)CCN1C. The summed E-state index contributed by atoms with van der Waals surface area (Å²) < 4.78 is 30.5. The number of ether oxygens (including phenoxy) is 5. The van der Waals surface area contributed by atoms with Crippen LogP contribution in [-0.2, 0) is 25.7 Å². The Balaban J connectivity index is 1.44. The molecule has 234 valence electrons. The smallest absolute Gasteiger partial charge is 0.201 e. The molecule has 0 spiro atoms. The van der Waals surface area contributed by atoms with E-state index in [2.05, 4.69) is 60.3 Å². The van der Waals surface area contributed by atoms with Gasteiger partial charge in [0.25, 0.3) is 0 Å². The van der Waals surface area contributed by atoms with Crippen molar-refractivity contribution in [3.8, 4) is 46.0 Å². The maximum absolute atomic E-state index is 11.6. The van der Waals surface area contributed by atoms with Crippen molar-refractivity contribution in [3.05, 3.63) is 94.0 Å². The normalized spacial score (nSPS) is 19.4. The molecular formula is C37H40N2O6. The number of methoxy groups -OCH3 is 3. The lowest BCUT2D eigenvalue weighted by Gasteiger charge is -2.37. The third-order valence-electron chi connectivity index (χ3n) is 9.66. The van der Waals surface area contributed by atoms with E-state index in [0.717, 1.165) is 66.8 Å². The van der Waals surface area contributed by atoms with E-state index < -0.39 is 0 Å². The predicted octanol–water partition coefficient (Wildman–Crippen LogP) is 6.86.